The summed E-state index contributed by atoms with van der Waals surface area (Å²) in [6.07, 6.45) is 2.38. The van der Waals surface area contributed by atoms with Crippen LogP contribution in [0.2, 0.25) is 0 Å². The normalized spacial score (nSPS) is 17.0. The lowest BCUT2D eigenvalue weighted by Crippen LogP contribution is -2.40. The third-order valence-electron chi connectivity index (χ3n) is 5.56. The maximum atomic E-state index is 13.5. The van der Waals surface area contributed by atoms with Gasteiger partial charge in [0.15, 0.2) is 21.3 Å². The number of sulfone groups is 1. The van der Waals surface area contributed by atoms with Gasteiger partial charge in [-0.25, -0.2) is 8.42 Å². The minimum Gasteiger partial charge on any atom is -0.494 e. The summed E-state index contributed by atoms with van der Waals surface area (Å²) in [5.41, 5.74) is 1.31. The van der Waals surface area contributed by atoms with Crippen LogP contribution < -0.4 is 14.2 Å². The Bertz CT molecular complexity index is 1040. The Morgan fingerprint density at radius 3 is 2.53 bits per heavy atom. The van der Waals surface area contributed by atoms with E-state index in [2.05, 4.69) is 6.92 Å². The van der Waals surface area contributed by atoms with Crippen LogP contribution in [0.1, 0.15) is 42.1 Å². The highest BCUT2D eigenvalue weighted by Gasteiger charge is 2.35. The number of rotatable bonds is 10. The van der Waals surface area contributed by atoms with Gasteiger partial charge >= 0.3 is 0 Å². The second kappa shape index (κ2) is 10.7. The molecule has 0 radical (unpaired) electrons. The van der Waals surface area contributed by atoms with E-state index in [4.69, 9.17) is 14.2 Å². The third kappa shape index (κ3) is 5.94. The van der Waals surface area contributed by atoms with E-state index in [0.717, 1.165) is 18.4 Å². The molecule has 1 aliphatic rings. The van der Waals surface area contributed by atoms with Gasteiger partial charge in [0.05, 0.1) is 32.3 Å². The van der Waals surface area contributed by atoms with Crippen molar-refractivity contribution in [2.75, 3.05) is 32.3 Å². The molecule has 1 heterocycles. The molecule has 8 heteroatoms. The Hall–Kier alpha value is -2.74. The summed E-state index contributed by atoms with van der Waals surface area (Å²) in [5, 5.41) is 0. The van der Waals surface area contributed by atoms with Crippen molar-refractivity contribution >= 4 is 15.7 Å². The van der Waals surface area contributed by atoms with Gasteiger partial charge in [-0.05, 0) is 48.7 Å². The van der Waals surface area contributed by atoms with Crippen LogP contribution in [0.3, 0.4) is 0 Å². The highest BCUT2D eigenvalue weighted by atomic mass is 32.2. The molecule has 32 heavy (non-hydrogen) atoms. The molecule has 0 aromatic heterocycles. The van der Waals surface area contributed by atoms with Crippen molar-refractivity contribution < 1.29 is 27.4 Å². The molecule has 0 N–H and O–H groups in total. The molecule has 1 unspecified atom stereocenters. The van der Waals surface area contributed by atoms with Crippen molar-refractivity contribution in [1.29, 1.82) is 0 Å². The topological polar surface area (TPSA) is 82.1 Å². The first kappa shape index (κ1) is 23.9. The van der Waals surface area contributed by atoms with Crippen LogP contribution in [0, 0.1) is 0 Å². The number of carbonyl (C=O) groups is 1. The predicted molar refractivity (Wildman–Crippen MR) is 123 cm³/mol. The van der Waals surface area contributed by atoms with Crippen molar-refractivity contribution in [2.24, 2.45) is 0 Å². The molecule has 3 rings (SSSR count). The fourth-order valence-corrected chi connectivity index (χ4v) is 5.51. The molecular formula is C24H31NO6S. The second-order valence-electron chi connectivity index (χ2n) is 7.91. The molecule has 174 valence electrons. The minimum absolute atomic E-state index is 0.0290. The summed E-state index contributed by atoms with van der Waals surface area (Å²) in [7, 11) is -0.0428. The number of amides is 1. The monoisotopic (exact) mass is 461 g/mol. The van der Waals surface area contributed by atoms with E-state index in [0.29, 0.717) is 35.8 Å². The molecule has 1 fully saturated rings. The highest BCUT2D eigenvalue weighted by Crippen LogP contribution is 2.30. The summed E-state index contributed by atoms with van der Waals surface area (Å²) >= 11 is 0. The molecule has 2 aromatic carbocycles. The molecule has 1 aliphatic heterocycles. The van der Waals surface area contributed by atoms with Gasteiger partial charge in [-0.2, -0.15) is 0 Å². The summed E-state index contributed by atoms with van der Waals surface area (Å²) in [5.74, 6) is 1.63. The van der Waals surface area contributed by atoms with Crippen LogP contribution in [0.4, 0.5) is 0 Å². The standard InChI is InChI=1S/C24H31NO6S/c1-4-5-12-31-21-8-6-7-19(15-21)24(26)25(20-11-13-32(27,28)17-20)16-18-9-10-22(29-2)23(14-18)30-3/h6-10,14-15,20H,4-5,11-13,16-17H2,1-3H3. The number of ether oxygens (including phenoxy) is 3. The number of hydrogen-bond donors (Lipinski definition) is 0. The Balaban J connectivity index is 1.88. The summed E-state index contributed by atoms with van der Waals surface area (Å²) < 4.78 is 40.7. The number of unbranched alkanes of at least 4 members (excludes halogenated alkanes) is 1. The van der Waals surface area contributed by atoms with Crippen LogP contribution in [0.15, 0.2) is 42.5 Å². The number of benzene rings is 2. The van der Waals surface area contributed by atoms with E-state index in [1.807, 2.05) is 18.2 Å². The quantitative estimate of drug-likeness (QED) is 0.502. The van der Waals surface area contributed by atoms with E-state index in [9.17, 15) is 13.2 Å². The predicted octanol–water partition coefficient (Wildman–Crippen LogP) is 3.71. The summed E-state index contributed by atoms with van der Waals surface area (Å²) in [6, 6.07) is 12.1. The number of carbonyl (C=O) groups excluding carboxylic acids is 1. The van der Waals surface area contributed by atoms with Gasteiger partial charge in [0.1, 0.15) is 5.75 Å². The maximum Gasteiger partial charge on any atom is 0.254 e. The third-order valence-corrected chi connectivity index (χ3v) is 7.31. The van der Waals surface area contributed by atoms with E-state index in [1.165, 1.54) is 0 Å². The molecule has 0 spiro atoms. The molecule has 0 aliphatic carbocycles. The van der Waals surface area contributed by atoms with Crippen molar-refractivity contribution in [2.45, 2.75) is 38.8 Å². The lowest BCUT2D eigenvalue weighted by molar-refractivity contribution is 0.0680. The average molecular weight is 462 g/mol. The Morgan fingerprint density at radius 2 is 1.88 bits per heavy atom. The molecule has 1 atom stereocenters. The fraction of sp³-hybridized carbons (Fsp3) is 0.458. The van der Waals surface area contributed by atoms with Gasteiger partial charge in [0.2, 0.25) is 0 Å². The molecule has 1 amide bonds. The van der Waals surface area contributed by atoms with Gasteiger partial charge in [-0.1, -0.05) is 25.5 Å². The van der Waals surface area contributed by atoms with Gasteiger partial charge in [-0.3, -0.25) is 4.79 Å². The van der Waals surface area contributed by atoms with Gasteiger partial charge in [-0.15, -0.1) is 0 Å². The van der Waals surface area contributed by atoms with Crippen molar-refractivity contribution in [1.82, 2.24) is 4.90 Å². The number of nitrogens with zero attached hydrogens (tertiary/aromatic N) is 1. The Morgan fingerprint density at radius 1 is 1.09 bits per heavy atom. The number of methoxy groups -OCH3 is 2. The first-order valence-corrected chi connectivity index (χ1v) is 12.6. The summed E-state index contributed by atoms with van der Waals surface area (Å²) in [6.45, 7) is 2.94. The molecule has 7 nitrogen and oxygen atoms in total. The minimum atomic E-state index is -3.16. The highest BCUT2D eigenvalue weighted by molar-refractivity contribution is 7.91. The number of hydrogen-bond acceptors (Lipinski definition) is 6. The first-order valence-electron chi connectivity index (χ1n) is 10.8. The molecular weight excluding hydrogens is 430 g/mol. The van der Waals surface area contributed by atoms with Crippen molar-refractivity contribution in [3.05, 3.63) is 53.6 Å². The zero-order chi connectivity index (χ0) is 23.1. The smallest absolute Gasteiger partial charge is 0.254 e. The Labute approximate surface area is 190 Å². The fourth-order valence-electron chi connectivity index (χ4n) is 3.78. The van der Waals surface area contributed by atoms with Crippen LogP contribution >= 0.6 is 0 Å². The van der Waals surface area contributed by atoms with Crippen LogP contribution in [0.5, 0.6) is 17.2 Å². The average Bonchev–Trinajstić information content (AvgIpc) is 3.16. The maximum absolute atomic E-state index is 13.5. The molecule has 2 aromatic rings. The zero-order valence-corrected chi connectivity index (χ0v) is 19.7. The lowest BCUT2D eigenvalue weighted by Gasteiger charge is -2.29. The van der Waals surface area contributed by atoms with Crippen LogP contribution in [-0.4, -0.2) is 57.6 Å². The van der Waals surface area contributed by atoms with Crippen molar-refractivity contribution in [3.63, 3.8) is 0 Å². The van der Waals surface area contributed by atoms with Crippen molar-refractivity contribution in [3.8, 4) is 17.2 Å². The summed E-state index contributed by atoms with van der Waals surface area (Å²) in [4.78, 5) is 15.2. The largest absolute Gasteiger partial charge is 0.494 e. The van der Waals surface area contributed by atoms with E-state index in [1.54, 1.807) is 43.4 Å². The molecule has 0 bridgehead atoms. The van der Waals surface area contributed by atoms with Crippen LogP contribution in [0.25, 0.3) is 0 Å². The van der Waals surface area contributed by atoms with E-state index < -0.39 is 9.84 Å². The molecule has 1 saturated heterocycles. The lowest BCUT2D eigenvalue weighted by atomic mass is 10.1. The molecule has 0 saturated carbocycles. The zero-order valence-electron chi connectivity index (χ0n) is 18.9. The SMILES string of the molecule is CCCCOc1cccc(C(=O)N(Cc2ccc(OC)c(OC)c2)C2CCS(=O)(=O)C2)c1. The van der Waals surface area contributed by atoms with Crippen LogP contribution in [-0.2, 0) is 16.4 Å². The van der Waals surface area contributed by atoms with Gasteiger partial charge in [0.25, 0.3) is 5.91 Å². The van der Waals surface area contributed by atoms with Gasteiger partial charge < -0.3 is 19.1 Å². The van der Waals surface area contributed by atoms with Gasteiger partial charge in [0, 0.05) is 18.2 Å². The van der Waals surface area contributed by atoms with E-state index >= 15 is 0 Å². The Kier molecular flexibility index (Phi) is 8.01. The van der Waals surface area contributed by atoms with E-state index in [-0.39, 0.29) is 30.0 Å². The second-order valence-corrected chi connectivity index (χ2v) is 10.1. The first-order chi connectivity index (χ1) is 15.4.